The van der Waals surface area contributed by atoms with Crippen molar-refractivity contribution >= 4 is 23.1 Å². The highest BCUT2D eigenvalue weighted by Gasteiger charge is 2.46. The van der Waals surface area contributed by atoms with E-state index in [2.05, 4.69) is 5.16 Å². The normalized spacial score (nSPS) is 18.4. The summed E-state index contributed by atoms with van der Waals surface area (Å²) >= 11 is 1.61. The Hall–Kier alpha value is -1.60. The molecule has 1 aliphatic rings. The number of oxime groups is 1. The molecular formula is C14H21N3O3S. The van der Waals surface area contributed by atoms with E-state index in [1.807, 2.05) is 24.4 Å². The van der Waals surface area contributed by atoms with Crippen LogP contribution in [0.15, 0.2) is 22.7 Å². The Balaban J connectivity index is 2.23. The number of carbonyl (C=O) groups is 1. The van der Waals surface area contributed by atoms with Crippen LogP contribution in [0.1, 0.15) is 24.6 Å². The van der Waals surface area contributed by atoms with Crippen molar-refractivity contribution in [2.45, 2.75) is 26.3 Å². The second kappa shape index (κ2) is 6.91. The van der Waals surface area contributed by atoms with Gasteiger partial charge in [0, 0.05) is 24.6 Å². The molecule has 0 bridgehead atoms. The highest BCUT2D eigenvalue weighted by molar-refractivity contribution is 7.09. The number of thiophene rings is 1. The van der Waals surface area contributed by atoms with Crippen molar-refractivity contribution in [1.82, 2.24) is 4.90 Å². The van der Waals surface area contributed by atoms with Crippen molar-refractivity contribution in [3.63, 3.8) is 0 Å². The molecule has 2 rings (SSSR count). The predicted molar refractivity (Wildman–Crippen MR) is 81.3 cm³/mol. The maximum atomic E-state index is 13.0. The smallest absolute Gasteiger partial charge is 0.237 e. The monoisotopic (exact) mass is 311 g/mol. The molecule has 0 saturated carbocycles. The molecule has 0 radical (unpaired) electrons. The molecule has 0 aliphatic carbocycles. The van der Waals surface area contributed by atoms with Gasteiger partial charge in [0.2, 0.25) is 5.91 Å². The molecule has 1 amide bonds. The van der Waals surface area contributed by atoms with Crippen molar-refractivity contribution < 1.29 is 14.7 Å². The maximum Gasteiger partial charge on any atom is 0.237 e. The molecule has 1 aromatic heterocycles. The van der Waals surface area contributed by atoms with Crippen molar-refractivity contribution in [2.24, 2.45) is 16.3 Å². The maximum absolute atomic E-state index is 13.0. The fourth-order valence-electron chi connectivity index (χ4n) is 2.62. The molecule has 1 aromatic rings. The average Bonchev–Trinajstić information content (AvgIpc) is 3.04. The Labute approximate surface area is 128 Å². The van der Waals surface area contributed by atoms with Gasteiger partial charge in [-0.15, -0.1) is 11.3 Å². The molecule has 0 unspecified atom stereocenters. The molecule has 116 valence electrons. The summed E-state index contributed by atoms with van der Waals surface area (Å²) in [5.74, 6) is -0.0996. The number of hydrogen-bond donors (Lipinski definition) is 2. The van der Waals surface area contributed by atoms with Crippen LogP contribution < -0.4 is 5.73 Å². The SMILES string of the molecule is CCN(Cc1cccs1)C(=O)C1(C(N)=NO)CCOCC1. The first-order valence-corrected chi connectivity index (χ1v) is 7.89. The third-order valence-corrected chi connectivity index (χ3v) is 4.81. The van der Waals surface area contributed by atoms with Gasteiger partial charge >= 0.3 is 0 Å². The summed E-state index contributed by atoms with van der Waals surface area (Å²) in [6, 6.07) is 3.97. The Kier molecular flexibility index (Phi) is 5.19. The molecule has 6 nitrogen and oxygen atoms in total. The molecule has 0 aromatic carbocycles. The molecule has 0 atom stereocenters. The van der Waals surface area contributed by atoms with Gasteiger partial charge < -0.3 is 20.6 Å². The second-order valence-electron chi connectivity index (χ2n) is 5.08. The number of amidine groups is 1. The standard InChI is InChI=1S/C14H21N3O3S/c1-2-17(10-11-4-3-9-21-11)13(18)14(12(15)16-19)5-7-20-8-6-14/h3-4,9,19H,2,5-8,10H2,1H3,(H2,15,16). The van der Waals surface area contributed by atoms with E-state index < -0.39 is 5.41 Å². The Morgan fingerprint density at radius 2 is 2.29 bits per heavy atom. The summed E-state index contributed by atoms with van der Waals surface area (Å²) in [4.78, 5) is 15.9. The summed E-state index contributed by atoms with van der Waals surface area (Å²) in [6.07, 6.45) is 0.894. The van der Waals surface area contributed by atoms with Gasteiger partial charge in [-0.1, -0.05) is 11.2 Å². The van der Waals surface area contributed by atoms with Crippen molar-refractivity contribution in [3.8, 4) is 0 Å². The second-order valence-corrected chi connectivity index (χ2v) is 6.11. The number of nitrogens with two attached hydrogens (primary N) is 1. The largest absolute Gasteiger partial charge is 0.409 e. The highest BCUT2D eigenvalue weighted by atomic mass is 32.1. The number of carbonyl (C=O) groups excluding carboxylic acids is 1. The van der Waals surface area contributed by atoms with Crippen LogP contribution >= 0.6 is 11.3 Å². The van der Waals surface area contributed by atoms with E-state index in [1.165, 1.54) is 0 Å². The zero-order chi connectivity index (χ0) is 15.3. The molecule has 1 saturated heterocycles. The molecule has 21 heavy (non-hydrogen) atoms. The zero-order valence-electron chi connectivity index (χ0n) is 12.1. The highest BCUT2D eigenvalue weighted by Crippen LogP contribution is 2.34. The van der Waals surface area contributed by atoms with Gasteiger partial charge in [-0.3, -0.25) is 4.79 Å². The number of ether oxygens (including phenoxy) is 1. The Bertz CT molecular complexity index is 496. The molecule has 7 heteroatoms. The van der Waals surface area contributed by atoms with Crippen LogP contribution in [0.25, 0.3) is 0 Å². The van der Waals surface area contributed by atoms with Crippen LogP contribution in [-0.4, -0.2) is 41.6 Å². The molecule has 2 heterocycles. The van der Waals surface area contributed by atoms with Gasteiger partial charge in [0.15, 0.2) is 5.84 Å². The molecule has 3 N–H and O–H groups in total. The summed E-state index contributed by atoms with van der Waals surface area (Å²) in [5, 5.41) is 14.2. The van der Waals surface area contributed by atoms with Crippen molar-refractivity contribution in [1.29, 1.82) is 0 Å². The van der Waals surface area contributed by atoms with E-state index in [-0.39, 0.29) is 11.7 Å². The van der Waals surface area contributed by atoms with E-state index >= 15 is 0 Å². The lowest BCUT2D eigenvalue weighted by atomic mass is 9.77. The van der Waals surface area contributed by atoms with Gasteiger partial charge in [-0.05, 0) is 31.2 Å². The first-order chi connectivity index (χ1) is 10.1. The van der Waals surface area contributed by atoms with Crippen molar-refractivity contribution in [2.75, 3.05) is 19.8 Å². The predicted octanol–water partition coefficient (Wildman–Crippen LogP) is 1.64. The van der Waals surface area contributed by atoms with E-state index in [4.69, 9.17) is 15.7 Å². The topological polar surface area (TPSA) is 88.2 Å². The Morgan fingerprint density at radius 3 is 2.81 bits per heavy atom. The quantitative estimate of drug-likeness (QED) is 0.374. The average molecular weight is 311 g/mol. The lowest BCUT2D eigenvalue weighted by Crippen LogP contribution is -2.53. The Morgan fingerprint density at radius 1 is 1.57 bits per heavy atom. The lowest BCUT2D eigenvalue weighted by Gasteiger charge is -2.38. The van der Waals surface area contributed by atoms with Crippen molar-refractivity contribution in [3.05, 3.63) is 22.4 Å². The van der Waals surface area contributed by atoms with Crippen LogP contribution in [-0.2, 0) is 16.1 Å². The summed E-state index contributed by atoms with van der Waals surface area (Å²) in [6.45, 7) is 3.95. The third-order valence-electron chi connectivity index (χ3n) is 3.95. The van der Waals surface area contributed by atoms with Gasteiger partial charge in [-0.25, -0.2) is 0 Å². The minimum atomic E-state index is -0.944. The van der Waals surface area contributed by atoms with E-state index in [0.29, 0.717) is 39.1 Å². The molecule has 1 fully saturated rings. The minimum absolute atomic E-state index is 0.0135. The minimum Gasteiger partial charge on any atom is -0.409 e. The number of nitrogens with zero attached hydrogens (tertiary/aromatic N) is 2. The first kappa shape index (κ1) is 15.8. The van der Waals surface area contributed by atoms with Crippen LogP contribution in [0.4, 0.5) is 0 Å². The number of rotatable bonds is 5. The lowest BCUT2D eigenvalue weighted by molar-refractivity contribution is -0.143. The first-order valence-electron chi connectivity index (χ1n) is 7.01. The van der Waals surface area contributed by atoms with Crippen LogP contribution in [0.2, 0.25) is 0 Å². The van der Waals surface area contributed by atoms with Crippen LogP contribution in [0.5, 0.6) is 0 Å². The van der Waals surface area contributed by atoms with Crippen LogP contribution in [0, 0.1) is 5.41 Å². The summed E-state index contributed by atoms with van der Waals surface area (Å²) in [7, 11) is 0. The summed E-state index contributed by atoms with van der Waals surface area (Å²) in [5.41, 5.74) is 4.90. The van der Waals surface area contributed by atoms with Crippen LogP contribution in [0.3, 0.4) is 0 Å². The fraction of sp³-hybridized carbons (Fsp3) is 0.571. The third kappa shape index (κ3) is 3.19. The molecule has 0 spiro atoms. The summed E-state index contributed by atoms with van der Waals surface area (Å²) < 4.78 is 5.33. The molecule has 1 aliphatic heterocycles. The van der Waals surface area contributed by atoms with Gasteiger partial charge in [0.1, 0.15) is 5.41 Å². The number of amides is 1. The van der Waals surface area contributed by atoms with Gasteiger partial charge in [-0.2, -0.15) is 0 Å². The van der Waals surface area contributed by atoms with E-state index in [9.17, 15) is 4.79 Å². The molecular weight excluding hydrogens is 290 g/mol. The van der Waals surface area contributed by atoms with E-state index in [0.717, 1.165) is 4.88 Å². The van der Waals surface area contributed by atoms with Gasteiger partial charge in [0.25, 0.3) is 0 Å². The zero-order valence-corrected chi connectivity index (χ0v) is 12.9. The fourth-order valence-corrected chi connectivity index (χ4v) is 3.34. The van der Waals surface area contributed by atoms with Gasteiger partial charge in [0.05, 0.1) is 6.54 Å². The van der Waals surface area contributed by atoms with E-state index in [1.54, 1.807) is 16.2 Å². The number of hydrogen-bond acceptors (Lipinski definition) is 5.